The second-order valence-electron chi connectivity index (χ2n) is 10.6. The Morgan fingerprint density at radius 2 is 1.18 bits per heavy atom. The van der Waals surface area contributed by atoms with Gasteiger partial charge >= 0.3 is 11.9 Å². The molecule has 49 heavy (non-hydrogen) atoms. The maximum Gasteiger partial charge on any atom is 0.323 e. The topological polar surface area (TPSA) is 175 Å². The molecule has 0 aliphatic carbocycles. The Hall–Kier alpha value is -3.71. The first-order valence-corrected chi connectivity index (χ1v) is 14.8. The Balaban J connectivity index is 0.000000357. The number of carboxylic acids is 2. The summed E-state index contributed by atoms with van der Waals surface area (Å²) in [7, 11) is 0. The van der Waals surface area contributed by atoms with Crippen LogP contribution in [0.5, 0.6) is 0 Å². The predicted molar refractivity (Wildman–Crippen MR) is 162 cm³/mol. The molecule has 6 rings (SSSR count). The van der Waals surface area contributed by atoms with Gasteiger partial charge in [-0.15, -0.1) is 0 Å². The molecule has 16 heteroatoms. The third kappa shape index (κ3) is 12.9. The van der Waals surface area contributed by atoms with Crippen LogP contribution in [0.2, 0.25) is 0 Å². The molecule has 0 unspecified atom stereocenters. The van der Waals surface area contributed by atoms with Gasteiger partial charge in [-0.1, -0.05) is 37.0 Å². The molecule has 3 radical (unpaired) electrons. The number of amides is 3. The summed E-state index contributed by atoms with van der Waals surface area (Å²) in [6.07, 6.45) is 16.3. The van der Waals surface area contributed by atoms with Gasteiger partial charge in [0.15, 0.2) is 0 Å². The molecule has 3 aromatic heterocycles. The summed E-state index contributed by atoms with van der Waals surface area (Å²) in [4.78, 5) is 58.8. The van der Waals surface area contributed by atoms with Gasteiger partial charge in [0.1, 0.15) is 30.4 Å². The van der Waals surface area contributed by atoms with Crippen molar-refractivity contribution in [2.45, 2.75) is 50.7 Å². The van der Waals surface area contributed by atoms with E-state index in [1.807, 2.05) is 30.0 Å². The number of hydrogen-bond donors (Lipinski definition) is 2. The van der Waals surface area contributed by atoms with Gasteiger partial charge in [-0.3, -0.25) is 28.9 Å². The van der Waals surface area contributed by atoms with Crippen LogP contribution in [0.4, 0.5) is 0 Å². The van der Waals surface area contributed by atoms with E-state index >= 15 is 0 Å². The minimum atomic E-state index is -1.02. The molecule has 3 aliphatic heterocycles. The Morgan fingerprint density at radius 1 is 0.714 bits per heavy atom. The van der Waals surface area contributed by atoms with Crippen molar-refractivity contribution < 1.29 is 103 Å². The zero-order valence-corrected chi connectivity index (χ0v) is 30.8. The molecule has 0 aromatic carbocycles. The zero-order chi connectivity index (χ0) is 33.1. The third-order valence-electron chi connectivity index (χ3n) is 7.48. The summed E-state index contributed by atoms with van der Waals surface area (Å²) in [5, 5.41) is 17.2. The van der Waals surface area contributed by atoms with Crippen molar-refractivity contribution in [1.82, 2.24) is 14.7 Å². The number of carboxylic acid groups (broad SMARTS) is 2. The number of carbonyl (C=O) groups excluding carboxylic acids is 3. The quantitative estimate of drug-likeness (QED) is 0.194. The SMILES string of the molecule is CCN1C(=O)[CH-][C@H]1CCc1ccco1.O=C(O)CN1C(=O)[CH-][C@H]1/C=C/c1ccco1.O=C(O)CN1C(=O)[CH-][C@H]1CCc1ccco1.[V].[V].[V]. The summed E-state index contributed by atoms with van der Waals surface area (Å²) >= 11 is 0. The normalized spacial score (nSPS) is 18.5. The van der Waals surface area contributed by atoms with Gasteiger partial charge in [-0.2, -0.15) is 0 Å². The van der Waals surface area contributed by atoms with Crippen molar-refractivity contribution in [2.24, 2.45) is 0 Å². The summed E-state index contributed by atoms with van der Waals surface area (Å²) in [5.74, 6) is 0.224. The van der Waals surface area contributed by atoms with E-state index in [0.29, 0.717) is 24.6 Å². The Bertz CT molecular complexity index is 1480. The number of β-lactam (4-membered cyclic amide) rings is 3. The molecular weight excluding hydrogens is 751 g/mol. The van der Waals surface area contributed by atoms with E-state index in [2.05, 4.69) is 0 Å². The molecule has 3 fully saturated rings. The third-order valence-corrected chi connectivity index (χ3v) is 7.48. The fourth-order valence-electron chi connectivity index (χ4n) is 5.03. The van der Waals surface area contributed by atoms with Crippen LogP contribution in [-0.4, -0.2) is 92.3 Å². The second-order valence-corrected chi connectivity index (χ2v) is 10.6. The fourth-order valence-corrected chi connectivity index (χ4v) is 5.03. The van der Waals surface area contributed by atoms with Gasteiger partial charge in [0.05, 0.1) is 36.5 Å². The standard InChI is InChI=1S/C11H12NO4.C11H10NO4.C11H14NO2.3V/c2*13-10-6-8(12(10)7-11(14)15)3-4-9-2-1-5-16-9;1-2-12-9(8-11(12)13)5-6-10-4-3-7-14-10;;;/h1-2,5-6,8H,3-4,7H2,(H,14,15);1-6,8H,7H2,(H,14,15);3-4,7-9H,2,5-6H2,1H3;;;/q3*-1;;;/b;4-3+;;;;/t2*8-;9-;;;/m111.../s1. The van der Waals surface area contributed by atoms with Gasteiger partial charge in [-0.25, -0.2) is 0 Å². The van der Waals surface area contributed by atoms with Crippen LogP contribution < -0.4 is 0 Å². The first-order chi connectivity index (χ1) is 22.1. The van der Waals surface area contributed by atoms with Crippen LogP contribution in [-0.2, 0) is 92.5 Å². The first kappa shape index (κ1) is 43.3. The number of furan rings is 3. The minimum Gasteiger partial charge on any atom is -0.480 e. The first-order valence-electron chi connectivity index (χ1n) is 14.8. The monoisotopic (exact) mass is 787 g/mol. The van der Waals surface area contributed by atoms with Crippen LogP contribution in [0.3, 0.4) is 0 Å². The fraction of sp³-hybridized carbons (Fsp3) is 0.333. The van der Waals surface area contributed by atoms with E-state index in [1.165, 1.54) is 16.2 Å². The van der Waals surface area contributed by atoms with E-state index in [1.54, 1.807) is 62.0 Å². The molecule has 13 nitrogen and oxygen atoms in total. The van der Waals surface area contributed by atoms with Crippen LogP contribution in [0.25, 0.3) is 6.08 Å². The van der Waals surface area contributed by atoms with E-state index in [0.717, 1.165) is 30.9 Å². The van der Waals surface area contributed by atoms with E-state index < -0.39 is 11.9 Å². The number of aliphatic carboxylic acids is 2. The average Bonchev–Trinajstić information content (AvgIpc) is 3.82. The maximum absolute atomic E-state index is 11.1. The Morgan fingerprint density at radius 3 is 1.59 bits per heavy atom. The molecule has 2 N–H and O–H groups in total. The zero-order valence-electron chi connectivity index (χ0n) is 26.6. The number of rotatable bonds is 13. The smallest absolute Gasteiger partial charge is 0.323 e. The molecule has 6 heterocycles. The molecule has 3 amide bonds. The number of nitrogens with zero attached hydrogens (tertiary/aromatic N) is 3. The number of hydrogen-bond acceptors (Lipinski definition) is 8. The molecule has 0 bridgehead atoms. The molecular formula is C33H36N3O10V3-3. The van der Waals surface area contributed by atoms with Crippen molar-refractivity contribution in [3.05, 3.63) is 97.8 Å². The number of likely N-dealkylation sites (tertiary alicyclic amines) is 3. The average molecular weight is 787 g/mol. The van der Waals surface area contributed by atoms with Crippen molar-refractivity contribution in [3.8, 4) is 0 Å². The molecule has 3 aromatic rings. The van der Waals surface area contributed by atoms with Crippen molar-refractivity contribution in [1.29, 1.82) is 0 Å². The summed E-state index contributed by atoms with van der Waals surface area (Å²) in [6, 6.07) is 11.0. The summed E-state index contributed by atoms with van der Waals surface area (Å²) in [5.41, 5.74) is 0. The largest absolute Gasteiger partial charge is 0.480 e. The molecule has 3 aliphatic rings. The van der Waals surface area contributed by atoms with E-state index in [4.69, 9.17) is 23.5 Å². The molecule has 3 saturated heterocycles. The van der Waals surface area contributed by atoms with E-state index in [-0.39, 0.29) is 98.6 Å². The van der Waals surface area contributed by atoms with Crippen LogP contribution in [0, 0.1) is 19.3 Å². The molecule has 3 atom stereocenters. The van der Waals surface area contributed by atoms with Crippen molar-refractivity contribution in [2.75, 3.05) is 19.6 Å². The van der Waals surface area contributed by atoms with Gasteiger partial charge in [-0.05, 0) is 49.4 Å². The Kier molecular flexibility index (Phi) is 18.9. The second kappa shape index (κ2) is 21.4. The van der Waals surface area contributed by atoms with E-state index in [9.17, 15) is 24.0 Å². The van der Waals surface area contributed by atoms with Crippen LogP contribution in [0.15, 0.2) is 74.5 Å². The Labute approximate surface area is 320 Å². The molecule has 261 valence electrons. The van der Waals surface area contributed by atoms with Crippen molar-refractivity contribution >= 4 is 35.7 Å². The summed E-state index contributed by atoms with van der Waals surface area (Å²) in [6.45, 7) is 2.31. The van der Waals surface area contributed by atoms with Crippen LogP contribution in [0.1, 0.15) is 37.0 Å². The van der Waals surface area contributed by atoms with Gasteiger partial charge in [0.25, 0.3) is 0 Å². The number of aryl methyl sites for hydroxylation is 2. The maximum atomic E-state index is 11.1. The summed E-state index contributed by atoms with van der Waals surface area (Å²) < 4.78 is 15.5. The van der Waals surface area contributed by atoms with Crippen LogP contribution >= 0.6 is 0 Å². The number of carbonyl (C=O) groups is 5. The van der Waals surface area contributed by atoms with Gasteiger partial charge < -0.3 is 52.5 Å². The molecule has 0 spiro atoms. The molecule has 0 saturated carbocycles. The van der Waals surface area contributed by atoms with Gasteiger partial charge in [0, 0.05) is 75.1 Å². The predicted octanol–water partition coefficient (Wildman–Crippen LogP) is 3.14. The van der Waals surface area contributed by atoms with Crippen molar-refractivity contribution in [3.63, 3.8) is 0 Å². The minimum absolute atomic E-state index is 0. The van der Waals surface area contributed by atoms with Gasteiger partial charge in [0.2, 0.25) is 0 Å².